The Morgan fingerprint density at radius 2 is 2.33 bits per heavy atom. The summed E-state index contributed by atoms with van der Waals surface area (Å²) in [5.41, 5.74) is 8.78. The maximum Gasteiger partial charge on any atom is 0.139 e. The third kappa shape index (κ3) is 3.79. The van der Waals surface area contributed by atoms with Crippen molar-refractivity contribution >= 4 is 17.9 Å². The molecule has 0 aliphatic rings. The van der Waals surface area contributed by atoms with Crippen molar-refractivity contribution in [3.63, 3.8) is 0 Å². The Kier molecular flexibility index (Phi) is 4.89. The smallest absolute Gasteiger partial charge is 0.139 e. The second-order valence-corrected chi connectivity index (χ2v) is 4.82. The van der Waals surface area contributed by atoms with Gasteiger partial charge in [0, 0.05) is 11.8 Å². The van der Waals surface area contributed by atoms with Crippen LogP contribution in [0.4, 0.5) is 0 Å². The quantitative estimate of drug-likeness (QED) is 0.316. The average molecular weight is 307 g/mol. The molecule has 0 fully saturated rings. The minimum Gasteiger partial charge on any atom is -0.487 e. The molecule has 21 heavy (non-hydrogen) atoms. The molecule has 8 heteroatoms. The number of nitrogens with one attached hydrogen (secondary N) is 3. The van der Waals surface area contributed by atoms with Crippen LogP contribution in [0.15, 0.2) is 35.8 Å². The van der Waals surface area contributed by atoms with Crippen LogP contribution in [-0.2, 0) is 0 Å². The zero-order valence-corrected chi connectivity index (χ0v) is 12.1. The van der Waals surface area contributed by atoms with E-state index in [2.05, 4.69) is 15.4 Å². The number of rotatable bonds is 7. The van der Waals surface area contributed by atoms with Gasteiger partial charge >= 0.3 is 0 Å². The zero-order valence-electron chi connectivity index (χ0n) is 11.4. The van der Waals surface area contributed by atoms with E-state index in [-0.39, 0.29) is 6.10 Å². The van der Waals surface area contributed by atoms with E-state index in [9.17, 15) is 0 Å². The molecule has 0 spiro atoms. The van der Waals surface area contributed by atoms with Gasteiger partial charge in [-0.05, 0) is 24.6 Å². The van der Waals surface area contributed by atoms with Crippen LogP contribution in [0.5, 0.6) is 5.75 Å². The fraction of sp³-hybridized carbons (Fsp3) is 0.231. The van der Waals surface area contributed by atoms with Gasteiger partial charge < -0.3 is 4.74 Å². The maximum absolute atomic E-state index is 7.10. The minimum atomic E-state index is -0.280. The molecule has 0 saturated heterocycles. The largest absolute Gasteiger partial charge is 0.487 e. The molecule has 0 radical (unpaired) electrons. The van der Waals surface area contributed by atoms with Gasteiger partial charge in [-0.15, -0.1) is 0 Å². The lowest BCUT2D eigenvalue weighted by atomic mass is 10.1. The van der Waals surface area contributed by atoms with E-state index < -0.39 is 0 Å². The normalized spacial score (nSPS) is 11.7. The highest BCUT2D eigenvalue weighted by atomic mass is 35.5. The molecule has 1 atom stereocenters. The van der Waals surface area contributed by atoms with Crippen LogP contribution in [0, 0.1) is 10.9 Å². The number of nitrogens with zero attached hydrogens (tertiary/aromatic N) is 3. The number of halogens is 1. The lowest BCUT2D eigenvalue weighted by Gasteiger charge is -2.19. The Morgan fingerprint density at radius 1 is 1.52 bits per heavy atom. The Hall–Kier alpha value is -2.41. The van der Waals surface area contributed by atoms with E-state index in [0.29, 0.717) is 17.3 Å². The third-order valence-corrected chi connectivity index (χ3v) is 3.12. The van der Waals surface area contributed by atoms with Crippen LogP contribution in [0.3, 0.4) is 0 Å². The van der Waals surface area contributed by atoms with E-state index in [1.165, 1.54) is 5.01 Å². The first-order valence-electron chi connectivity index (χ1n) is 6.24. The molecule has 1 heterocycles. The van der Waals surface area contributed by atoms with Crippen molar-refractivity contribution in [2.45, 2.75) is 13.0 Å². The van der Waals surface area contributed by atoms with E-state index in [1.54, 1.807) is 18.5 Å². The summed E-state index contributed by atoms with van der Waals surface area (Å²) in [7, 11) is 0. The molecule has 1 aromatic heterocycles. The summed E-state index contributed by atoms with van der Waals surface area (Å²) in [6.07, 6.45) is 4.19. The minimum absolute atomic E-state index is 0.280. The molecule has 0 bridgehead atoms. The number of hydrogen-bond donors (Lipinski definition) is 3. The van der Waals surface area contributed by atoms with Crippen molar-refractivity contribution < 1.29 is 4.74 Å². The molecular formula is C13H15ClN6O. The van der Waals surface area contributed by atoms with Gasteiger partial charge in [0.15, 0.2) is 0 Å². The van der Waals surface area contributed by atoms with E-state index in [1.807, 2.05) is 19.1 Å². The van der Waals surface area contributed by atoms with Gasteiger partial charge in [-0.1, -0.05) is 22.9 Å². The first kappa shape index (κ1) is 15.0. The highest BCUT2D eigenvalue weighted by molar-refractivity contribution is 6.32. The first-order chi connectivity index (χ1) is 10.1. The first-order valence-corrected chi connectivity index (χ1v) is 6.61. The Bertz CT molecular complexity index is 607. The lowest BCUT2D eigenvalue weighted by Crippen LogP contribution is -2.28. The molecule has 1 aromatic carbocycles. The number of benzene rings is 1. The topological polar surface area (TPSA) is 101 Å². The van der Waals surface area contributed by atoms with Gasteiger partial charge in [0.1, 0.15) is 18.2 Å². The second-order valence-electron chi connectivity index (χ2n) is 4.41. The summed E-state index contributed by atoms with van der Waals surface area (Å²) in [5.74, 6) is 0.540. The summed E-state index contributed by atoms with van der Waals surface area (Å²) < 4.78 is 5.77. The molecule has 0 unspecified atom stereocenters. The Morgan fingerprint density at radius 3 is 2.95 bits per heavy atom. The van der Waals surface area contributed by atoms with Crippen LogP contribution >= 0.6 is 11.6 Å². The number of hydrogen-bond acceptors (Lipinski definition) is 5. The number of aromatic amines is 1. The van der Waals surface area contributed by atoms with Gasteiger partial charge in [0.25, 0.3) is 0 Å². The van der Waals surface area contributed by atoms with E-state index in [4.69, 9.17) is 27.3 Å². The zero-order chi connectivity index (χ0) is 15.2. The molecule has 0 saturated carbocycles. The van der Waals surface area contributed by atoms with E-state index in [0.717, 1.165) is 17.5 Å². The van der Waals surface area contributed by atoms with Crippen molar-refractivity contribution in [1.82, 2.24) is 15.2 Å². The molecule has 2 rings (SSSR count). The summed E-state index contributed by atoms with van der Waals surface area (Å²) in [4.78, 5) is 0. The monoisotopic (exact) mass is 306 g/mol. The van der Waals surface area contributed by atoms with Crippen LogP contribution in [0.25, 0.3) is 11.1 Å². The van der Waals surface area contributed by atoms with Gasteiger partial charge in [-0.3, -0.25) is 10.5 Å². The Labute approximate surface area is 126 Å². The van der Waals surface area contributed by atoms with Crippen LogP contribution < -0.4 is 4.74 Å². The highest BCUT2D eigenvalue weighted by Crippen LogP contribution is 2.30. The van der Waals surface area contributed by atoms with Gasteiger partial charge in [-0.2, -0.15) is 10.6 Å². The van der Waals surface area contributed by atoms with Crippen molar-refractivity contribution in [1.29, 1.82) is 10.9 Å². The van der Waals surface area contributed by atoms with E-state index >= 15 is 0 Å². The van der Waals surface area contributed by atoms with Crippen molar-refractivity contribution in [3.05, 3.63) is 35.6 Å². The summed E-state index contributed by atoms with van der Waals surface area (Å²) >= 11 is 6.14. The summed E-state index contributed by atoms with van der Waals surface area (Å²) in [5, 5.41) is 18.6. The number of ether oxygens (including phenoxy) is 1. The lowest BCUT2D eigenvalue weighted by molar-refractivity contribution is 0.181. The van der Waals surface area contributed by atoms with Crippen molar-refractivity contribution in [2.24, 2.45) is 5.22 Å². The number of H-pyrrole nitrogens is 1. The molecular weight excluding hydrogens is 292 g/mol. The van der Waals surface area contributed by atoms with Crippen LogP contribution in [-0.4, -0.2) is 34.2 Å². The molecule has 2 aromatic rings. The molecule has 0 aliphatic heterocycles. The summed E-state index contributed by atoms with van der Waals surface area (Å²) in [6, 6.07) is 5.47. The van der Waals surface area contributed by atoms with Gasteiger partial charge in [-0.25, -0.2) is 5.01 Å². The van der Waals surface area contributed by atoms with Gasteiger partial charge in [0.2, 0.25) is 0 Å². The SMILES string of the molecule is C[C@@H](CN(C=N)N=N)Oc1cc(-c2cn[nH]c2)ccc1Cl. The van der Waals surface area contributed by atoms with Crippen molar-refractivity contribution in [3.8, 4) is 16.9 Å². The molecule has 110 valence electrons. The highest BCUT2D eigenvalue weighted by Gasteiger charge is 2.12. The molecule has 0 amide bonds. The molecule has 3 N–H and O–H groups in total. The van der Waals surface area contributed by atoms with Crippen molar-refractivity contribution in [2.75, 3.05) is 6.54 Å². The fourth-order valence-corrected chi connectivity index (χ4v) is 1.98. The third-order valence-electron chi connectivity index (χ3n) is 2.81. The van der Waals surface area contributed by atoms with Gasteiger partial charge in [0.05, 0.1) is 17.8 Å². The average Bonchev–Trinajstić information content (AvgIpc) is 3.01. The fourth-order valence-electron chi connectivity index (χ4n) is 1.82. The summed E-state index contributed by atoms with van der Waals surface area (Å²) in [6.45, 7) is 2.11. The molecule has 7 nitrogen and oxygen atoms in total. The van der Waals surface area contributed by atoms with Crippen LogP contribution in [0.2, 0.25) is 5.02 Å². The molecule has 0 aliphatic carbocycles. The second kappa shape index (κ2) is 6.85. The predicted octanol–water partition coefficient (Wildman–Crippen LogP) is 3.35. The maximum atomic E-state index is 7.10. The van der Waals surface area contributed by atoms with Crippen LogP contribution in [0.1, 0.15) is 6.92 Å². The standard InChI is InChI=1S/C13H15ClN6O/c1-9(7-20(8-15)19-16)21-13-4-10(2-3-12(13)14)11-5-17-18-6-11/h2-6,8-9,15-16H,7H2,1H3,(H,17,18)/t9-/m0/s1. The number of aromatic nitrogens is 2. The predicted molar refractivity (Wildman–Crippen MR) is 79.8 cm³/mol. The Balaban J connectivity index is 2.14.